The molecule has 1 aromatic carbocycles. The second-order valence-corrected chi connectivity index (χ2v) is 7.26. The number of para-hydroxylation sites is 2. The van der Waals surface area contributed by atoms with Crippen LogP contribution in [0.25, 0.3) is 11.0 Å². The van der Waals surface area contributed by atoms with Crippen molar-refractivity contribution in [3.8, 4) is 0 Å². The van der Waals surface area contributed by atoms with Gasteiger partial charge in [-0.1, -0.05) is 12.1 Å². The molecule has 7 heteroatoms. The van der Waals surface area contributed by atoms with Crippen LogP contribution in [0.2, 0.25) is 0 Å². The van der Waals surface area contributed by atoms with Gasteiger partial charge in [-0.3, -0.25) is 4.98 Å². The lowest BCUT2D eigenvalue weighted by Gasteiger charge is -2.23. The van der Waals surface area contributed by atoms with Crippen molar-refractivity contribution in [3.63, 3.8) is 0 Å². The average Bonchev–Trinajstić information content (AvgIpc) is 3.02. The summed E-state index contributed by atoms with van der Waals surface area (Å²) in [4.78, 5) is 8.78. The molecule has 6 nitrogen and oxygen atoms in total. The number of benzene rings is 1. The summed E-state index contributed by atoms with van der Waals surface area (Å²) >= 11 is 0. The molecular weight excluding hydrogens is 288 g/mol. The zero-order valence-electron chi connectivity index (χ0n) is 11.9. The van der Waals surface area contributed by atoms with E-state index in [1.807, 2.05) is 24.3 Å². The summed E-state index contributed by atoms with van der Waals surface area (Å²) in [7, 11) is -1.80. The minimum absolute atomic E-state index is 0.233. The van der Waals surface area contributed by atoms with Crippen molar-refractivity contribution in [2.24, 2.45) is 0 Å². The van der Waals surface area contributed by atoms with Gasteiger partial charge < -0.3 is 0 Å². The summed E-state index contributed by atoms with van der Waals surface area (Å²) < 4.78 is 27.7. The minimum Gasteiger partial charge on any atom is -0.253 e. The summed E-state index contributed by atoms with van der Waals surface area (Å²) in [5, 5.41) is 0. The third-order valence-corrected chi connectivity index (χ3v) is 5.60. The monoisotopic (exact) mass is 306 g/mol. The van der Waals surface area contributed by atoms with Crippen molar-refractivity contribution in [3.05, 3.63) is 36.2 Å². The molecule has 0 N–H and O–H groups in total. The molecule has 0 bridgehead atoms. The standard InChI is InChI=1S/C14H18N4O2S/c1-17(21(19,20)18-8-4-5-9-18)11-12-10-15-13-6-2-3-7-14(13)16-12/h2-3,6-7,10H,4-5,8-9,11H2,1H3. The van der Waals surface area contributed by atoms with E-state index in [1.54, 1.807) is 13.2 Å². The quantitative estimate of drug-likeness (QED) is 0.856. The second kappa shape index (κ2) is 5.67. The summed E-state index contributed by atoms with van der Waals surface area (Å²) in [6, 6.07) is 7.56. The van der Waals surface area contributed by atoms with E-state index >= 15 is 0 Å². The van der Waals surface area contributed by atoms with E-state index in [-0.39, 0.29) is 6.54 Å². The molecule has 1 aliphatic heterocycles. The topological polar surface area (TPSA) is 66.4 Å². The molecule has 2 aromatic rings. The van der Waals surface area contributed by atoms with Gasteiger partial charge in [-0.25, -0.2) is 4.98 Å². The highest BCUT2D eigenvalue weighted by atomic mass is 32.2. The predicted molar refractivity (Wildman–Crippen MR) is 80.7 cm³/mol. The summed E-state index contributed by atoms with van der Waals surface area (Å²) in [5.41, 5.74) is 2.24. The van der Waals surface area contributed by atoms with Crippen molar-refractivity contribution in [2.75, 3.05) is 20.1 Å². The van der Waals surface area contributed by atoms with Crippen LogP contribution in [0.15, 0.2) is 30.5 Å². The first kappa shape index (κ1) is 14.4. The Bertz CT molecular complexity index is 741. The van der Waals surface area contributed by atoms with Crippen LogP contribution in [0.1, 0.15) is 18.5 Å². The van der Waals surface area contributed by atoms with Gasteiger partial charge in [-0.2, -0.15) is 17.0 Å². The first-order chi connectivity index (χ1) is 10.1. The fourth-order valence-corrected chi connectivity index (χ4v) is 3.91. The predicted octanol–water partition coefficient (Wildman–Crippen LogP) is 1.40. The first-order valence-electron chi connectivity index (χ1n) is 6.99. The molecule has 0 amide bonds. The van der Waals surface area contributed by atoms with Crippen molar-refractivity contribution >= 4 is 21.2 Å². The lowest BCUT2D eigenvalue weighted by atomic mass is 10.3. The van der Waals surface area contributed by atoms with Gasteiger partial charge in [-0.15, -0.1) is 0 Å². The minimum atomic E-state index is -3.39. The van der Waals surface area contributed by atoms with Gasteiger partial charge >= 0.3 is 0 Å². The zero-order chi connectivity index (χ0) is 14.9. The molecule has 0 unspecified atom stereocenters. The first-order valence-corrected chi connectivity index (χ1v) is 8.39. The Morgan fingerprint density at radius 1 is 1.19 bits per heavy atom. The van der Waals surface area contributed by atoms with Gasteiger partial charge in [0.05, 0.1) is 29.5 Å². The van der Waals surface area contributed by atoms with Gasteiger partial charge in [0.25, 0.3) is 10.2 Å². The van der Waals surface area contributed by atoms with E-state index in [1.165, 1.54) is 8.61 Å². The van der Waals surface area contributed by atoms with Gasteiger partial charge in [0.1, 0.15) is 0 Å². The normalized spacial score (nSPS) is 16.9. The van der Waals surface area contributed by atoms with E-state index in [9.17, 15) is 8.42 Å². The maximum Gasteiger partial charge on any atom is 0.282 e. The summed E-state index contributed by atoms with van der Waals surface area (Å²) in [6.07, 6.45) is 3.50. The van der Waals surface area contributed by atoms with Gasteiger partial charge in [0, 0.05) is 20.1 Å². The smallest absolute Gasteiger partial charge is 0.253 e. The highest BCUT2D eigenvalue weighted by Gasteiger charge is 2.29. The Balaban J connectivity index is 1.80. The molecule has 0 aliphatic carbocycles. The van der Waals surface area contributed by atoms with E-state index in [2.05, 4.69) is 9.97 Å². The van der Waals surface area contributed by atoms with Gasteiger partial charge in [0.2, 0.25) is 0 Å². The van der Waals surface area contributed by atoms with Crippen LogP contribution in [0, 0.1) is 0 Å². The SMILES string of the molecule is CN(Cc1cnc2ccccc2n1)S(=O)(=O)N1CCCC1. The van der Waals surface area contributed by atoms with Crippen LogP contribution in [-0.4, -0.2) is 47.1 Å². The number of hydrogen-bond acceptors (Lipinski definition) is 4. The third-order valence-electron chi connectivity index (χ3n) is 3.67. The molecule has 3 rings (SSSR count). The van der Waals surface area contributed by atoms with Crippen molar-refractivity contribution in [1.29, 1.82) is 0 Å². The highest BCUT2D eigenvalue weighted by Crippen LogP contribution is 2.17. The molecule has 0 radical (unpaired) electrons. The van der Waals surface area contributed by atoms with Gasteiger partial charge in [-0.05, 0) is 25.0 Å². The van der Waals surface area contributed by atoms with Crippen LogP contribution in [0.4, 0.5) is 0 Å². The molecule has 1 fully saturated rings. The largest absolute Gasteiger partial charge is 0.282 e. The van der Waals surface area contributed by atoms with E-state index in [0.717, 1.165) is 23.9 Å². The molecule has 21 heavy (non-hydrogen) atoms. The maximum atomic E-state index is 12.4. The Morgan fingerprint density at radius 3 is 2.57 bits per heavy atom. The van der Waals surface area contributed by atoms with Crippen molar-refractivity contribution in [1.82, 2.24) is 18.6 Å². The molecule has 2 heterocycles. The van der Waals surface area contributed by atoms with Crippen molar-refractivity contribution < 1.29 is 8.42 Å². The Hall–Kier alpha value is -1.57. The summed E-state index contributed by atoms with van der Waals surface area (Å²) in [5.74, 6) is 0. The molecule has 0 spiro atoms. The fourth-order valence-electron chi connectivity index (χ4n) is 2.50. The van der Waals surface area contributed by atoms with Crippen molar-refractivity contribution in [2.45, 2.75) is 19.4 Å². The summed E-state index contributed by atoms with van der Waals surface area (Å²) in [6.45, 7) is 1.45. The molecule has 1 aliphatic rings. The number of fused-ring (bicyclic) bond motifs is 1. The lowest BCUT2D eigenvalue weighted by molar-refractivity contribution is 0.389. The zero-order valence-corrected chi connectivity index (χ0v) is 12.8. The molecule has 1 aromatic heterocycles. The fraction of sp³-hybridized carbons (Fsp3) is 0.429. The number of rotatable bonds is 4. The number of hydrogen-bond donors (Lipinski definition) is 0. The van der Waals surface area contributed by atoms with Gasteiger partial charge in [0.15, 0.2) is 0 Å². The Kier molecular flexibility index (Phi) is 3.88. The molecule has 0 atom stereocenters. The van der Waals surface area contributed by atoms with Crippen LogP contribution in [0.5, 0.6) is 0 Å². The molecule has 1 saturated heterocycles. The van der Waals surface area contributed by atoms with Crippen LogP contribution in [-0.2, 0) is 16.8 Å². The molecular formula is C14H18N4O2S. The second-order valence-electron chi connectivity index (χ2n) is 5.22. The molecule has 112 valence electrons. The van der Waals surface area contributed by atoms with E-state index < -0.39 is 10.2 Å². The van der Waals surface area contributed by atoms with Crippen LogP contribution >= 0.6 is 0 Å². The highest BCUT2D eigenvalue weighted by molar-refractivity contribution is 7.86. The average molecular weight is 306 g/mol. The Morgan fingerprint density at radius 2 is 1.86 bits per heavy atom. The maximum absolute atomic E-state index is 12.4. The van der Waals surface area contributed by atoms with Crippen LogP contribution in [0.3, 0.4) is 0 Å². The third kappa shape index (κ3) is 2.90. The van der Waals surface area contributed by atoms with E-state index in [0.29, 0.717) is 18.8 Å². The lowest BCUT2D eigenvalue weighted by Crippen LogP contribution is -2.40. The van der Waals surface area contributed by atoms with E-state index in [4.69, 9.17) is 0 Å². The number of nitrogens with zero attached hydrogens (tertiary/aromatic N) is 4. The van der Waals surface area contributed by atoms with Crippen LogP contribution < -0.4 is 0 Å². The Labute approximate surface area is 124 Å². The number of aromatic nitrogens is 2. The molecule has 0 saturated carbocycles.